The molecule has 0 radical (unpaired) electrons. The number of hydrogen-bond donors (Lipinski definition) is 1. The summed E-state index contributed by atoms with van der Waals surface area (Å²) in [4.78, 5) is 5.01. The van der Waals surface area contributed by atoms with Crippen LogP contribution < -0.4 is 10.0 Å². The number of fused-ring (bicyclic) bond motifs is 2. The van der Waals surface area contributed by atoms with Gasteiger partial charge in [0.2, 0.25) is 0 Å². The summed E-state index contributed by atoms with van der Waals surface area (Å²) >= 11 is 0. The fourth-order valence-electron chi connectivity index (χ4n) is 4.57. The van der Waals surface area contributed by atoms with Crippen molar-refractivity contribution in [1.82, 2.24) is 4.98 Å². The van der Waals surface area contributed by atoms with E-state index in [-0.39, 0.29) is 5.06 Å². The smallest absolute Gasteiger partial charge is 0.152 e. The highest BCUT2D eigenvalue weighted by molar-refractivity contribution is 6.11. The molecule has 1 aromatic heterocycles. The SMILES string of the molecule is [O-][NH+]1C(c2ccccc2)=C(c2c(-c3ccccc3)[n-]c3ccccc23)c2ccccc21. The van der Waals surface area contributed by atoms with Crippen molar-refractivity contribution in [2.75, 3.05) is 0 Å². The molecule has 148 valence electrons. The average molecular weight is 399 g/mol. The Morgan fingerprint density at radius 2 is 1.23 bits per heavy atom. The fraction of sp³-hybridized carbons (Fsp3) is 0. The third-order valence-electron chi connectivity index (χ3n) is 5.92. The molecule has 1 aliphatic heterocycles. The number of para-hydroxylation sites is 2. The summed E-state index contributed by atoms with van der Waals surface area (Å²) in [6.07, 6.45) is 0. The lowest BCUT2D eigenvalue weighted by molar-refractivity contribution is -0.687. The number of hydroxylamine groups is 1. The van der Waals surface area contributed by atoms with Crippen LogP contribution >= 0.6 is 0 Å². The Morgan fingerprint density at radius 3 is 2.00 bits per heavy atom. The molecule has 0 amide bonds. The van der Waals surface area contributed by atoms with Gasteiger partial charge >= 0.3 is 0 Å². The predicted molar refractivity (Wildman–Crippen MR) is 125 cm³/mol. The Hall–Kier alpha value is -3.92. The molecule has 3 nitrogen and oxygen atoms in total. The lowest BCUT2D eigenvalue weighted by atomic mass is 9.91. The minimum absolute atomic E-state index is 0.0705. The molecular formula is C28H19N2O-. The van der Waals surface area contributed by atoms with Crippen LogP contribution in [0, 0.1) is 5.21 Å². The Labute approximate surface area is 180 Å². The molecule has 0 bridgehead atoms. The molecular weight excluding hydrogens is 380 g/mol. The zero-order valence-electron chi connectivity index (χ0n) is 16.7. The molecule has 2 heterocycles. The van der Waals surface area contributed by atoms with Gasteiger partial charge in [-0.2, -0.15) is 0 Å². The van der Waals surface area contributed by atoms with Crippen LogP contribution in [0.25, 0.3) is 33.4 Å². The Bertz CT molecular complexity index is 1430. The second-order valence-electron chi connectivity index (χ2n) is 7.71. The van der Waals surface area contributed by atoms with Crippen LogP contribution in [0.1, 0.15) is 16.7 Å². The summed E-state index contributed by atoms with van der Waals surface area (Å²) in [5.74, 6) is 0. The third kappa shape index (κ3) is 2.76. The molecule has 0 saturated heterocycles. The zero-order chi connectivity index (χ0) is 20.8. The molecule has 0 spiro atoms. The monoisotopic (exact) mass is 399 g/mol. The summed E-state index contributed by atoms with van der Waals surface area (Å²) in [6, 6.07) is 36.3. The molecule has 5 aromatic rings. The van der Waals surface area contributed by atoms with Crippen molar-refractivity contribution in [3.05, 3.63) is 131 Å². The number of nitrogens with one attached hydrogen (secondary N) is 1. The van der Waals surface area contributed by atoms with E-state index < -0.39 is 0 Å². The van der Waals surface area contributed by atoms with E-state index in [9.17, 15) is 5.21 Å². The van der Waals surface area contributed by atoms with Crippen LogP contribution in [0.2, 0.25) is 0 Å². The molecule has 0 aliphatic carbocycles. The van der Waals surface area contributed by atoms with Crippen LogP contribution in [0.5, 0.6) is 0 Å². The minimum Gasteiger partial charge on any atom is -0.656 e. The summed E-state index contributed by atoms with van der Waals surface area (Å²) in [5.41, 5.74) is 8.30. The van der Waals surface area contributed by atoms with Gasteiger partial charge < -0.3 is 15.3 Å². The van der Waals surface area contributed by atoms with Crippen LogP contribution in [-0.2, 0) is 0 Å². The molecule has 1 N–H and O–H groups in total. The molecule has 31 heavy (non-hydrogen) atoms. The topological polar surface area (TPSA) is 41.6 Å². The fourth-order valence-corrected chi connectivity index (χ4v) is 4.57. The van der Waals surface area contributed by atoms with E-state index in [0.29, 0.717) is 0 Å². The highest BCUT2D eigenvalue weighted by Crippen LogP contribution is 2.44. The Morgan fingerprint density at radius 1 is 0.613 bits per heavy atom. The number of nitrogens with zero attached hydrogens (tertiary/aromatic N) is 1. The first-order chi connectivity index (χ1) is 15.3. The van der Waals surface area contributed by atoms with Crippen LogP contribution in [0.3, 0.4) is 0 Å². The van der Waals surface area contributed by atoms with Crippen molar-refractivity contribution in [2.24, 2.45) is 0 Å². The highest BCUT2D eigenvalue weighted by Gasteiger charge is 2.33. The van der Waals surface area contributed by atoms with Gasteiger partial charge in [0.1, 0.15) is 5.69 Å². The second kappa shape index (κ2) is 7.10. The normalized spacial score (nSPS) is 15.5. The van der Waals surface area contributed by atoms with E-state index in [2.05, 4.69) is 24.3 Å². The van der Waals surface area contributed by atoms with Crippen LogP contribution in [0.4, 0.5) is 5.69 Å². The lowest BCUT2D eigenvalue weighted by Crippen LogP contribution is -2.98. The Balaban J connectivity index is 1.76. The molecule has 0 saturated carbocycles. The number of hydrogen-bond acceptors (Lipinski definition) is 1. The van der Waals surface area contributed by atoms with E-state index in [1.165, 1.54) is 0 Å². The molecule has 4 aromatic carbocycles. The van der Waals surface area contributed by atoms with Crippen LogP contribution in [0.15, 0.2) is 109 Å². The third-order valence-corrected chi connectivity index (χ3v) is 5.92. The van der Waals surface area contributed by atoms with Crippen molar-refractivity contribution >= 4 is 27.9 Å². The quantitative estimate of drug-likeness (QED) is 0.412. The van der Waals surface area contributed by atoms with Gasteiger partial charge in [-0.15, -0.1) is 11.2 Å². The number of benzene rings is 4. The van der Waals surface area contributed by atoms with Crippen molar-refractivity contribution in [2.45, 2.75) is 0 Å². The van der Waals surface area contributed by atoms with Gasteiger partial charge in [0.15, 0.2) is 5.70 Å². The Kier molecular flexibility index (Phi) is 4.10. The van der Waals surface area contributed by atoms with E-state index in [4.69, 9.17) is 4.98 Å². The maximum Gasteiger partial charge on any atom is 0.152 e. The summed E-state index contributed by atoms with van der Waals surface area (Å²) < 4.78 is 0. The summed E-state index contributed by atoms with van der Waals surface area (Å²) in [5, 5.41) is 14.7. The van der Waals surface area contributed by atoms with E-state index in [0.717, 1.165) is 55.8 Å². The number of rotatable bonds is 3. The van der Waals surface area contributed by atoms with Crippen molar-refractivity contribution in [3.8, 4) is 11.3 Å². The minimum atomic E-state index is 0.0705. The van der Waals surface area contributed by atoms with Gasteiger partial charge in [0, 0.05) is 17.2 Å². The predicted octanol–water partition coefficient (Wildman–Crippen LogP) is 5.41. The first kappa shape index (κ1) is 17.9. The summed E-state index contributed by atoms with van der Waals surface area (Å²) in [6.45, 7) is 0. The first-order valence-electron chi connectivity index (χ1n) is 10.4. The molecule has 3 heteroatoms. The van der Waals surface area contributed by atoms with Crippen molar-refractivity contribution in [3.63, 3.8) is 0 Å². The molecule has 6 rings (SSSR count). The molecule has 1 unspecified atom stereocenters. The van der Waals surface area contributed by atoms with E-state index in [1.807, 2.05) is 84.9 Å². The van der Waals surface area contributed by atoms with Gasteiger partial charge in [-0.1, -0.05) is 84.9 Å². The maximum atomic E-state index is 13.6. The maximum absolute atomic E-state index is 13.6. The second-order valence-corrected chi connectivity index (χ2v) is 7.71. The largest absolute Gasteiger partial charge is 0.656 e. The molecule has 1 atom stereocenters. The van der Waals surface area contributed by atoms with Gasteiger partial charge in [-0.3, -0.25) is 0 Å². The van der Waals surface area contributed by atoms with Gasteiger partial charge in [-0.05, 0) is 34.7 Å². The van der Waals surface area contributed by atoms with Crippen LogP contribution in [-0.4, -0.2) is 0 Å². The van der Waals surface area contributed by atoms with Gasteiger partial charge in [0.05, 0.1) is 5.57 Å². The van der Waals surface area contributed by atoms with Crippen molar-refractivity contribution < 1.29 is 5.06 Å². The van der Waals surface area contributed by atoms with Gasteiger partial charge in [0.25, 0.3) is 0 Å². The average Bonchev–Trinajstić information content (AvgIpc) is 3.35. The standard InChI is InChI=1S/C28H19N2O/c31-30-24-18-10-8-16-22(24)26(28(30)20-13-5-2-6-14-20)25-21-15-7-9-17-23(21)29-27(25)19-11-3-1-4-12-19/h1-18,30H/q-1. The van der Waals surface area contributed by atoms with Gasteiger partial charge in [-0.25, -0.2) is 0 Å². The lowest BCUT2D eigenvalue weighted by Gasteiger charge is -2.21. The molecule has 1 aliphatic rings. The highest BCUT2D eigenvalue weighted by atomic mass is 16.5. The van der Waals surface area contributed by atoms with Crippen molar-refractivity contribution in [1.29, 1.82) is 0 Å². The molecule has 0 fully saturated rings. The zero-order valence-corrected chi connectivity index (χ0v) is 16.7. The van der Waals surface area contributed by atoms with E-state index >= 15 is 0 Å². The first-order valence-corrected chi connectivity index (χ1v) is 10.4. The van der Waals surface area contributed by atoms with E-state index in [1.54, 1.807) is 0 Å². The number of quaternary nitrogens is 1. The number of aromatic nitrogens is 1. The summed E-state index contributed by atoms with van der Waals surface area (Å²) in [7, 11) is 0.